The first-order valence-electron chi connectivity index (χ1n) is 11.9. The highest BCUT2D eigenvalue weighted by atomic mass is 35.5. The van der Waals surface area contributed by atoms with Gasteiger partial charge < -0.3 is 10.1 Å². The van der Waals surface area contributed by atoms with Gasteiger partial charge in [-0.3, -0.25) is 10.1 Å². The van der Waals surface area contributed by atoms with E-state index in [1.165, 1.54) is 4.57 Å². The summed E-state index contributed by atoms with van der Waals surface area (Å²) >= 11 is 6.84. The zero-order valence-corrected chi connectivity index (χ0v) is 21.2. The van der Waals surface area contributed by atoms with Gasteiger partial charge in [0.2, 0.25) is 5.78 Å². The molecule has 3 aromatic carbocycles. The maximum atomic E-state index is 13.8. The molecule has 4 aromatic rings. The van der Waals surface area contributed by atoms with Crippen LogP contribution < -0.4 is 10.6 Å². The molecule has 0 radical (unpaired) electrons. The van der Waals surface area contributed by atoms with Crippen LogP contribution in [0.1, 0.15) is 54.0 Å². The molecular formula is C29H28ClN3O3. The Hall–Kier alpha value is -3.61. The lowest BCUT2D eigenvalue weighted by atomic mass is 10.00. The molecule has 0 bridgehead atoms. The zero-order chi connectivity index (χ0) is 25.4. The Balaban J connectivity index is 1.57. The Morgan fingerprint density at radius 2 is 1.78 bits per heavy atom. The van der Waals surface area contributed by atoms with Crippen LogP contribution in [0.25, 0.3) is 10.9 Å². The van der Waals surface area contributed by atoms with Gasteiger partial charge in [-0.25, -0.2) is 9.36 Å². The quantitative estimate of drug-likeness (QED) is 0.297. The maximum Gasteiger partial charge on any atom is 0.419 e. The van der Waals surface area contributed by atoms with Gasteiger partial charge in [0.25, 0.3) is 0 Å². The summed E-state index contributed by atoms with van der Waals surface area (Å²) in [5.74, 6) is -0.206. The second-order valence-electron chi connectivity index (χ2n) is 9.91. The summed E-state index contributed by atoms with van der Waals surface area (Å²) in [5.41, 5.74) is 3.87. The minimum absolute atomic E-state index is 0.206. The number of benzene rings is 3. The van der Waals surface area contributed by atoms with Gasteiger partial charge in [-0.05, 0) is 61.7 Å². The van der Waals surface area contributed by atoms with Crippen LogP contribution in [0.5, 0.6) is 0 Å². The van der Waals surface area contributed by atoms with E-state index in [1.807, 2.05) is 66.7 Å². The number of anilines is 1. The Labute approximate surface area is 215 Å². The minimum atomic E-state index is -0.727. The molecule has 184 valence electrons. The number of carbonyl (C=O) groups excluding carboxylic acids is 2. The van der Waals surface area contributed by atoms with Crippen LogP contribution in [0.3, 0.4) is 0 Å². The van der Waals surface area contributed by atoms with Gasteiger partial charge in [0.1, 0.15) is 5.60 Å². The molecule has 0 fully saturated rings. The van der Waals surface area contributed by atoms with Crippen LogP contribution in [0.4, 0.5) is 10.5 Å². The third kappa shape index (κ3) is 4.62. The van der Waals surface area contributed by atoms with E-state index in [1.54, 1.807) is 26.8 Å². The molecule has 2 N–H and O–H groups in total. The predicted molar refractivity (Wildman–Crippen MR) is 143 cm³/mol. The number of rotatable bonds is 5. The summed E-state index contributed by atoms with van der Waals surface area (Å²) in [4.78, 5) is 27.2. The number of carbonyl (C=O) groups is 2. The van der Waals surface area contributed by atoms with Crippen LogP contribution in [-0.2, 0) is 17.8 Å². The second kappa shape index (κ2) is 9.45. The van der Waals surface area contributed by atoms with E-state index in [-0.39, 0.29) is 11.5 Å². The van der Waals surface area contributed by atoms with Crippen molar-refractivity contribution in [1.82, 2.24) is 9.88 Å². The van der Waals surface area contributed by atoms with E-state index < -0.39 is 17.7 Å². The second-order valence-corrected chi connectivity index (χ2v) is 10.3. The first-order chi connectivity index (χ1) is 17.2. The third-order valence-electron chi connectivity index (χ3n) is 6.21. The SMILES string of the molecule is CC(C)(C)OC(=O)n1c(C(=O)C2NCc3ccccc32)cc2c(Cl)c(CNc3ccccc3)ccc21. The molecule has 0 spiro atoms. The van der Waals surface area contributed by atoms with Crippen molar-refractivity contribution < 1.29 is 14.3 Å². The third-order valence-corrected chi connectivity index (χ3v) is 6.66. The van der Waals surface area contributed by atoms with E-state index in [0.29, 0.717) is 29.0 Å². The fourth-order valence-corrected chi connectivity index (χ4v) is 4.83. The number of nitrogens with zero attached hydrogens (tertiary/aromatic N) is 1. The average Bonchev–Trinajstić information content (AvgIpc) is 3.45. The van der Waals surface area contributed by atoms with Gasteiger partial charge >= 0.3 is 6.09 Å². The largest absolute Gasteiger partial charge is 0.443 e. The van der Waals surface area contributed by atoms with Gasteiger partial charge in [0, 0.05) is 24.2 Å². The normalized spacial score (nSPS) is 15.1. The van der Waals surface area contributed by atoms with Crippen molar-refractivity contribution in [3.05, 3.63) is 100 Å². The number of hydrogen-bond acceptors (Lipinski definition) is 5. The summed E-state index contributed by atoms with van der Waals surface area (Å²) in [6.45, 7) is 6.49. The lowest BCUT2D eigenvalue weighted by Crippen LogP contribution is -2.31. The van der Waals surface area contributed by atoms with Crippen LogP contribution in [-0.4, -0.2) is 22.0 Å². The molecule has 36 heavy (non-hydrogen) atoms. The van der Waals surface area contributed by atoms with Crippen molar-refractivity contribution in [3.8, 4) is 0 Å². The fourth-order valence-electron chi connectivity index (χ4n) is 4.55. The molecule has 1 unspecified atom stereocenters. The van der Waals surface area contributed by atoms with Crippen molar-refractivity contribution in [2.75, 3.05) is 5.32 Å². The number of halogens is 1. The van der Waals surface area contributed by atoms with Gasteiger partial charge in [0.15, 0.2) is 0 Å². The molecular weight excluding hydrogens is 474 g/mol. The maximum absolute atomic E-state index is 13.8. The van der Waals surface area contributed by atoms with Gasteiger partial charge in [0.05, 0.1) is 22.3 Å². The van der Waals surface area contributed by atoms with Crippen molar-refractivity contribution in [2.45, 2.75) is 45.5 Å². The molecule has 1 aromatic heterocycles. The van der Waals surface area contributed by atoms with Gasteiger partial charge in [-0.1, -0.05) is 60.1 Å². The number of aromatic nitrogens is 1. The summed E-state index contributed by atoms with van der Waals surface area (Å²) < 4.78 is 7.04. The van der Waals surface area contributed by atoms with Crippen LogP contribution in [0, 0.1) is 0 Å². The predicted octanol–water partition coefficient (Wildman–Crippen LogP) is 6.72. The molecule has 6 nitrogen and oxygen atoms in total. The molecule has 5 rings (SSSR count). The first kappa shape index (κ1) is 24.1. The monoisotopic (exact) mass is 501 g/mol. The smallest absolute Gasteiger partial charge is 0.419 e. The number of nitrogens with one attached hydrogen (secondary N) is 2. The lowest BCUT2D eigenvalue weighted by Gasteiger charge is -2.21. The zero-order valence-electron chi connectivity index (χ0n) is 20.5. The number of fused-ring (bicyclic) bond motifs is 2. The molecule has 0 amide bonds. The van der Waals surface area contributed by atoms with Crippen molar-refractivity contribution in [3.63, 3.8) is 0 Å². The van der Waals surface area contributed by atoms with Gasteiger partial charge in [-0.2, -0.15) is 0 Å². The number of hydrogen-bond donors (Lipinski definition) is 2. The van der Waals surface area contributed by atoms with E-state index >= 15 is 0 Å². The number of ether oxygens (including phenoxy) is 1. The average molecular weight is 502 g/mol. The van der Waals surface area contributed by atoms with Crippen LogP contribution >= 0.6 is 11.6 Å². The van der Waals surface area contributed by atoms with Crippen molar-refractivity contribution in [2.24, 2.45) is 0 Å². The molecule has 0 aliphatic carbocycles. The Kier molecular flexibility index (Phi) is 6.33. The molecule has 1 atom stereocenters. The van der Waals surface area contributed by atoms with Crippen LogP contribution in [0.15, 0.2) is 72.8 Å². The van der Waals surface area contributed by atoms with E-state index in [9.17, 15) is 9.59 Å². The van der Waals surface area contributed by atoms with Crippen LogP contribution in [0.2, 0.25) is 5.02 Å². The van der Waals surface area contributed by atoms with Crippen molar-refractivity contribution in [1.29, 1.82) is 0 Å². The molecule has 1 aliphatic heterocycles. The molecule has 2 heterocycles. The highest BCUT2D eigenvalue weighted by Crippen LogP contribution is 2.35. The van der Waals surface area contributed by atoms with E-state index in [4.69, 9.17) is 16.3 Å². The van der Waals surface area contributed by atoms with Crippen molar-refractivity contribution >= 4 is 40.1 Å². The summed E-state index contributed by atoms with van der Waals surface area (Å²) in [5, 5.41) is 7.77. The molecule has 1 aliphatic rings. The Morgan fingerprint density at radius 3 is 2.53 bits per heavy atom. The summed E-state index contributed by atoms with van der Waals surface area (Å²) in [6, 6.07) is 22.5. The summed E-state index contributed by atoms with van der Waals surface area (Å²) in [6.07, 6.45) is -0.613. The lowest BCUT2D eigenvalue weighted by molar-refractivity contribution is 0.0534. The van der Waals surface area contributed by atoms with E-state index in [2.05, 4.69) is 10.6 Å². The van der Waals surface area contributed by atoms with E-state index in [0.717, 1.165) is 22.4 Å². The summed E-state index contributed by atoms with van der Waals surface area (Å²) in [7, 11) is 0. The van der Waals surface area contributed by atoms with Gasteiger partial charge in [-0.15, -0.1) is 0 Å². The minimum Gasteiger partial charge on any atom is -0.443 e. The highest BCUT2D eigenvalue weighted by Gasteiger charge is 2.33. The number of ketones is 1. The number of para-hydroxylation sites is 1. The fraction of sp³-hybridized carbons (Fsp3) is 0.241. The first-order valence-corrected chi connectivity index (χ1v) is 12.3. The topological polar surface area (TPSA) is 72.4 Å². The molecule has 7 heteroatoms. The molecule has 0 saturated heterocycles. The number of Topliss-reactive ketones (excluding diaryl/α,β-unsaturated/α-hetero) is 1. The Morgan fingerprint density at radius 1 is 1.06 bits per heavy atom. The highest BCUT2D eigenvalue weighted by molar-refractivity contribution is 6.36. The Bertz CT molecular complexity index is 1450. The molecule has 0 saturated carbocycles. The standard InChI is InChI=1S/C29H28ClN3O3/c1-29(2,3)36-28(35)33-23-14-13-19(17-31-20-10-5-4-6-11-20)25(30)22(23)15-24(33)27(34)26-21-12-8-7-9-18(21)16-32-26/h4-15,26,31-32H,16-17H2,1-3H3.